The SMILES string of the molecule is CCN(CC)CCNC(=O)c1cccc(NC(=O)c2ccc(C)cc2C)c1. The molecule has 0 heterocycles. The van der Waals surface area contributed by atoms with Crippen LogP contribution in [0.1, 0.15) is 45.7 Å². The number of nitrogens with one attached hydrogen (secondary N) is 2. The number of amides is 2. The van der Waals surface area contributed by atoms with Crippen molar-refractivity contribution in [1.29, 1.82) is 0 Å². The molecule has 2 amide bonds. The molecule has 2 N–H and O–H groups in total. The second kappa shape index (κ2) is 9.88. The van der Waals surface area contributed by atoms with Crippen molar-refractivity contribution in [3.63, 3.8) is 0 Å². The highest BCUT2D eigenvalue weighted by Crippen LogP contribution is 2.15. The van der Waals surface area contributed by atoms with E-state index in [1.54, 1.807) is 24.3 Å². The van der Waals surface area contributed by atoms with E-state index in [0.717, 1.165) is 30.8 Å². The van der Waals surface area contributed by atoms with E-state index >= 15 is 0 Å². The molecule has 0 bridgehead atoms. The predicted molar refractivity (Wildman–Crippen MR) is 110 cm³/mol. The van der Waals surface area contributed by atoms with E-state index in [2.05, 4.69) is 29.4 Å². The molecule has 0 aliphatic heterocycles. The van der Waals surface area contributed by atoms with Gasteiger partial charge in [0.2, 0.25) is 0 Å². The lowest BCUT2D eigenvalue weighted by molar-refractivity contribution is 0.0947. The molecule has 0 radical (unpaired) electrons. The normalized spacial score (nSPS) is 10.7. The maximum Gasteiger partial charge on any atom is 0.255 e. The minimum atomic E-state index is -0.174. The van der Waals surface area contributed by atoms with Gasteiger partial charge in [-0.1, -0.05) is 37.6 Å². The quantitative estimate of drug-likeness (QED) is 0.749. The molecule has 0 saturated carbocycles. The zero-order chi connectivity index (χ0) is 19.8. The van der Waals surface area contributed by atoms with Crippen LogP contribution in [0, 0.1) is 13.8 Å². The molecule has 2 aromatic rings. The summed E-state index contributed by atoms with van der Waals surface area (Å²) in [5.41, 5.74) is 3.82. The van der Waals surface area contributed by atoms with Crippen LogP contribution in [0.25, 0.3) is 0 Å². The van der Waals surface area contributed by atoms with Crippen LogP contribution in [0.15, 0.2) is 42.5 Å². The van der Waals surface area contributed by atoms with Gasteiger partial charge >= 0.3 is 0 Å². The lowest BCUT2D eigenvalue weighted by Crippen LogP contribution is -2.34. The Morgan fingerprint density at radius 3 is 2.37 bits per heavy atom. The summed E-state index contributed by atoms with van der Waals surface area (Å²) in [4.78, 5) is 27.1. The molecule has 0 atom stereocenters. The van der Waals surface area contributed by atoms with Gasteiger partial charge in [-0.2, -0.15) is 0 Å². The average Bonchev–Trinajstić information content (AvgIpc) is 2.65. The molecule has 0 aliphatic carbocycles. The van der Waals surface area contributed by atoms with Crippen molar-refractivity contribution in [2.75, 3.05) is 31.5 Å². The van der Waals surface area contributed by atoms with Crippen molar-refractivity contribution < 1.29 is 9.59 Å². The van der Waals surface area contributed by atoms with Crippen molar-refractivity contribution in [1.82, 2.24) is 10.2 Å². The summed E-state index contributed by atoms with van der Waals surface area (Å²) in [5.74, 6) is -0.309. The Bertz CT molecular complexity index is 798. The van der Waals surface area contributed by atoms with E-state index in [9.17, 15) is 9.59 Å². The van der Waals surface area contributed by atoms with Gasteiger partial charge < -0.3 is 15.5 Å². The maximum atomic E-state index is 12.5. The lowest BCUT2D eigenvalue weighted by Gasteiger charge is -2.18. The summed E-state index contributed by atoms with van der Waals surface area (Å²) < 4.78 is 0. The lowest BCUT2D eigenvalue weighted by atomic mass is 10.0. The summed E-state index contributed by atoms with van der Waals surface area (Å²) in [6.07, 6.45) is 0. The minimum Gasteiger partial charge on any atom is -0.351 e. The van der Waals surface area contributed by atoms with Gasteiger partial charge in [0, 0.05) is 29.9 Å². The van der Waals surface area contributed by atoms with Crippen LogP contribution in [0.2, 0.25) is 0 Å². The number of rotatable bonds is 8. The Morgan fingerprint density at radius 2 is 1.70 bits per heavy atom. The van der Waals surface area contributed by atoms with Gasteiger partial charge in [0.25, 0.3) is 11.8 Å². The van der Waals surface area contributed by atoms with E-state index in [1.165, 1.54) is 0 Å². The number of carbonyl (C=O) groups excluding carboxylic acids is 2. The molecular formula is C22H29N3O2. The highest BCUT2D eigenvalue weighted by molar-refractivity contribution is 6.06. The molecule has 0 fully saturated rings. The maximum absolute atomic E-state index is 12.5. The first-order valence-electron chi connectivity index (χ1n) is 9.43. The Balaban J connectivity index is 2.00. The fourth-order valence-electron chi connectivity index (χ4n) is 2.97. The molecule has 2 aromatic carbocycles. The largest absolute Gasteiger partial charge is 0.351 e. The third kappa shape index (κ3) is 5.93. The standard InChI is InChI=1S/C22H29N3O2/c1-5-25(6-2)13-12-23-21(26)18-8-7-9-19(15-18)24-22(27)20-11-10-16(3)14-17(20)4/h7-11,14-15H,5-6,12-13H2,1-4H3,(H,23,26)(H,24,27). The highest BCUT2D eigenvalue weighted by Gasteiger charge is 2.11. The van der Waals surface area contributed by atoms with Gasteiger partial charge in [-0.25, -0.2) is 0 Å². The molecule has 0 spiro atoms. The van der Waals surface area contributed by atoms with Gasteiger partial charge in [0.1, 0.15) is 0 Å². The molecule has 0 aliphatic rings. The molecule has 144 valence electrons. The topological polar surface area (TPSA) is 61.4 Å². The molecule has 5 nitrogen and oxygen atoms in total. The van der Waals surface area contributed by atoms with Crippen molar-refractivity contribution in [2.45, 2.75) is 27.7 Å². The number of nitrogens with zero attached hydrogens (tertiary/aromatic N) is 1. The molecule has 0 aromatic heterocycles. The summed E-state index contributed by atoms with van der Waals surface area (Å²) in [6.45, 7) is 11.5. The second-order valence-electron chi connectivity index (χ2n) is 6.64. The fraction of sp³-hybridized carbons (Fsp3) is 0.364. The van der Waals surface area contributed by atoms with E-state index in [-0.39, 0.29) is 11.8 Å². The van der Waals surface area contributed by atoms with Crippen molar-refractivity contribution in [3.8, 4) is 0 Å². The average molecular weight is 367 g/mol. The monoisotopic (exact) mass is 367 g/mol. The fourth-order valence-corrected chi connectivity index (χ4v) is 2.97. The van der Waals surface area contributed by atoms with Crippen LogP contribution in [-0.4, -0.2) is 42.9 Å². The third-order valence-electron chi connectivity index (χ3n) is 4.62. The zero-order valence-electron chi connectivity index (χ0n) is 16.6. The van der Waals surface area contributed by atoms with Crippen LogP contribution in [0.3, 0.4) is 0 Å². The minimum absolute atomic E-state index is 0.134. The first kappa shape index (κ1) is 20.6. The number of hydrogen-bond donors (Lipinski definition) is 2. The first-order valence-corrected chi connectivity index (χ1v) is 9.43. The number of aryl methyl sites for hydroxylation is 2. The summed E-state index contributed by atoms with van der Waals surface area (Å²) in [5, 5.41) is 5.81. The summed E-state index contributed by atoms with van der Waals surface area (Å²) in [6, 6.07) is 12.7. The number of benzene rings is 2. The van der Waals surface area contributed by atoms with Gasteiger partial charge in [-0.15, -0.1) is 0 Å². The van der Waals surface area contributed by atoms with Crippen molar-refractivity contribution >= 4 is 17.5 Å². The van der Waals surface area contributed by atoms with Crippen LogP contribution in [0.4, 0.5) is 5.69 Å². The van der Waals surface area contributed by atoms with E-state index in [0.29, 0.717) is 23.4 Å². The van der Waals surface area contributed by atoms with Gasteiger partial charge in [0.15, 0.2) is 0 Å². The smallest absolute Gasteiger partial charge is 0.255 e. The van der Waals surface area contributed by atoms with E-state index in [1.807, 2.05) is 32.0 Å². The second-order valence-corrected chi connectivity index (χ2v) is 6.64. The summed E-state index contributed by atoms with van der Waals surface area (Å²) >= 11 is 0. The van der Waals surface area contributed by atoms with Crippen molar-refractivity contribution in [2.24, 2.45) is 0 Å². The number of hydrogen-bond acceptors (Lipinski definition) is 3. The number of likely N-dealkylation sites (N-methyl/N-ethyl adjacent to an activating group) is 1. The molecule has 2 rings (SSSR count). The molecule has 27 heavy (non-hydrogen) atoms. The van der Waals surface area contributed by atoms with Gasteiger partial charge in [0.05, 0.1) is 0 Å². The van der Waals surface area contributed by atoms with Crippen LogP contribution in [-0.2, 0) is 0 Å². The van der Waals surface area contributed by atoms with Crippen LogP contribution < -0.4 is 10.6 Å². The predicted octanol–water partition coefficient (Wildman–Crippen LogP) is 3.63. The molecular weight excluding hydrogens is 338 g/mol. The summed E-state index contributed by atoms with van der Waals surface area (Å²) in [7, 11) is 0. The van der Waals surface area contributed by atoms with Crippen molar-refractivity contribution in [3.05, 3.63) is 64.7 Å². The number of carbonyl (C=O) groups is 2. The van der Waals surface area contributed by atoms with E-state index in [4.69, 9.17) is 0 Å². The van der Waals surface area contributed by atoms with Crippen LogP contribution >= 0.6 is 0 Å². The molecule has 0 saturated heterocycles. The first-order chi connectivity index (χ1) is 12.9. The zero-order valence-corrected chi connectivity index (χ0v) is 16.6. The van der Waals surface area contributed by atoms with Gasteiger partial charge in [-0.05, 0) is 56.8 Å². The highest BCUT2D eigenvalue weighted by atomic mass is 16.2. The number of anilines is 1. The van der Waals surface area contributed by atoms with Crippen LogP contribution in [0.5, 0.6) is 0 Å². The Kier molecular flexibility index (Phi) is 7.55. The third-order valence-corrected chi connectivity index (χ3v) is 4.62. The molecule has 5 heteroatoms. The Hall–Kier alpha value is -2.66. The molecule has 0 unspecified atom stereocenters. The van der Waals surface area contributed by atoms with Gasteiger partial charge in [-0.3, -0.25) is 9.59 Å². The Morgan fingerprint density at radius 1 is 0.963 bits per heavy atom. The Labute approximate surface area is 161 Å². The van der Waals surface area contributed by atoms with E-state index < -0.39 is 0 Å².